The fraction of sp³-hybridized carbons (Fsp3) is 0.615. The van der Waals surface area contributed by atoms with Crippen molar-refractivity contribution < 1.29 is 5.11 Å². The fourth-order valence-corrected chi connectivity index (χ4v) is 2.33. The Morgan fingerprint density at radius 3 is 2.50 bits per heavy atom. The van der Waals surface area contributed by atoms with Crippen LogP contribution >= 0.6 is 0 Å². The smallest absolute Gasteiger partial charge is 0.330 e. The molecule has 7 heteroatoms. The molecule has 0 fully saturated rings. The quantitative estimate of drug-likeness (QED) is 0.810. The van der Waals surface area contributed by atoms with Gasteiger partial charge in [-0.1, -0.05) is 20.3 Å². The van der Waals surface area contributed by atoms with Gasteiger partial charge in [0.25, 0.3) is 5.56 Å². The van der Waals surface area contributed by atoms with Gasteiger partial charge in [0, 0.05) is 13.1 Å². The van der Waals surface area contributed by atoms with Crippen LogP contribution < -0.4 is 11.2 Å². The third-order valence-electron chi connectivity index (χ3n) is 3.29. The number of aliphatic hydroxyl groups excluding tert-OH is 1. The zero-order chi connectivity index (χ0) is 14.7. The second-order valence-corrected chi connectivity index (χ2v) is 4.77. The van der Waals surface area contributed by atoms with E-state index in [0.29, 0.717) is 30.1 Å². The summed E-state index contributed by atoms with van der Waals surface area (Å²) in [6.45, 7) is 4.85. The first-order chi connectivity index (χ1) is 9.63. The first-order valence-corrected chi connectivity index (χ1v) is 6.97. The first-order valence-electron chi connectivity index (χ1n) is 6.97. The van der Waals surface area contributed by atoms with Crippen LogP contribution in [0.5, 0.6) is 0 Å². The topological polar surface area (TPSA) is 92.9 Å². The second kappa shape index (κ2) is 6.04. The summed E-state index contributed by atoms with van der Waals surface area (Å²) in [5.74, 6) is 0.420. The van der Waals surface area contributed by atoms with Gasteiger partial charge in [0.2, 0.25) is 0 Å². The van der Waals surface area contributed by atoms with Gasteiger partial charge in [0.05, 0.1) is 0 Å². The van der Waals surface area contributed by atoms with E-state index < -0.39 is 11.2 Å². The minimum absolute atomic E-state index is 0.254. The van der Waals surface area contributed by atoms with E-state index in [9.17, 15) is 14.7 Å². The second-order valence-electron chi connectivity index (χ2n) is 4.77. The maximum Gasteiger partial charge on any atom is 0.330 e. The van der Waals surface area contributed by atoms with E-state index in [2.05, 4.69) is 9.97 Å². The Balaban J connectivity index is 2.75. The van der Waals surface area contributed by atoms with Crippen molar-refractivity contribution in [1.82, 2.24) is 19.1 Å². The van der Waals surface area contributed by atoms with Gasteiger partial charge in [-0.3, -0.25) is 14.3 Å². The van der Waals surface area contributed by atoms with E-state index >= 15 is 0 Å². The molecule has 0 aliphatic heterocycles. The number of hydrogen-bond donors (Lipinski definition) is 2. The molecule has 0 aliphatic carbocycles. The summed E-state index contributed by atoms with van der Waals surface area (Å²) in [6, 6.07) is 0. The molecule has 0 spiro atoms. The number of fused-ring (bicyclic) bond motifs is 1. The summed E-state index contributed by atoms with van der Waals surface area (Å²) in [6.07, 6.45) is 2.58. The monoisotopic (exact) mass is 280 g/mol. The van der Waals surface area contributed by atoms with Crippen LogP contribution in [-0.4, -0.2) is 24.2 Å². The molecule has 0 radical (unpaired) electrons. The molecule has 0 aliphatic rings. The number of unbranched alkanes of at least 4 members (excludes halogenated alkanes) is 1. The molecule has 20 heavy (non-hydrogen) atoms. The number of aryl methyl sites for hydroxylation is 2. The van der Waals surface area contributed by atoms with Crippen molar-refractivity contribution in [1.29, 1.82) is 0 Å². The number of aliphatic hydroxyl groups is 1. The minimum atomic E-state index is -0.446. The minimum Gasteiger partial charge on any atom is -0.388 e. The van der Waals surface area contributed by atoms with Gasteiger partial charge in [-0.2, -0.15) is 0 Å². The number of rotatable bonds is 6. The molecule has 2 aromatic heterocycles. The van der Waals surface area contributed by atoms with Crippen molar-refractivity contribution in [2.24, 2.45) is 0 Å². The molecule has 0 atom stereocenters. The number of nitrogens with one attached hydrogen (secondary N) is 1. The number of hydrogen-bond acceptors (Lipinski definition) is 4. The van der Waals surface area contributed by atoms with Gasteiger partial charge < -0.3 is 9.67 Å². The van der Waals surface area contributed by atoms with E-state index in [1.165, 1.54) is 4.57 Å². The summed E-state index contributed by atoms with van der Waals surface area (Å²) in [5.41, 5.74) is -0.156. The maximum absolute atomic E-state index is 12.0. The highest BCUT2D eigenvalue weighted by Gasteiger charge is 2.17. The van der Waals surface area contributed by atoms with Gasteiger partial charge in [-0.25, -0.2) is 9.78 Å². The molecule has 0 unspecified atom stereocenters. The molecule has 0 aromatic carbocycles. The number of aromatic amines is 1. The lowest BCUT2D eigenvalue weighted by Crippen LogP contribution is -2.31. The molecule has 0 saturated carbocycles. The first kappa shape index (κ1) is 14.5. The molecule has 7 nitrogen and oxygen atoms in total. The van der Waals surface area contributed by atoms with E-state index in [1.54, 1.807) is 4.57 Å². The summed E-state index contributed by atoms with van der Waals surface area (Å²) in [4.78, 5) is 30.6. The highest BCUT2D eigenvalue weighted by atomic mass is 16.3. The predicted molar refractivity (Wildman–Crippen MR) is 75.7 cm³/mol. The van der Waals surface area contributed by atoms with Crippen LogP contribution in [0.1, 0.15) is 38.9 Å². The van der Waals surface area contributed by atoms with Crippen molar-refractivity contribution >= 4 is 11.2 Å². The van der Waals surface area contributed by atoms with Crippen molar-refractivity contribution in [3.8, 4) is 0 Å². The zero-order valence-electron chi connectivity index (χ0n) is 11.8. The van der Waals surface area contributed by atoms with Crippen molar-refractivity contribution in [3.05, 3.63) is 26.7 Å². The average molecular weight is 280 g/mol. The van der Waals surface area contributed by atoms with Crippen LogP contribution in [0.25, 0.3) is 11.2 Å². The summed E-state index contributed by atoms with van der Waals surface area (Å²) < 4.78 is 3.17. The molecule has 2 heterocycles. The standard InChI is InChI=1S/C13H20N4O3/c1-3-5-7-17-11-10(12(19)15-13(17)20)16(6-4-2)9(8-18)14-11/h18H,3-8H2,1-2H3,(H,15,19,20). The Morgan fingerprint density at radius 1 is 1.15 bits per heavy atom. The van der Waals surface area contributed by atoms with Gasteiger partial charge in [0.1, 0.15) is 12.4 Å². The molecule has 2 aromatic rings. The third kappa shape index (κ3) is 2.40. The predicted octanol–water partition coefficient (Wildman–Crippen LogP) is 0.589. The molecule has 0 saturated heterocycles. The third-order valence-corrected chi connectivity index (χ3v) is 3.29. The van der Waals surface area contributed by atoms with E-state index in [-0.39, 0.29) is 6.61 Å². The fourth-order valence-electron chi connectivity index (χ4n) is 2.33. The van der Waals surface area contributed by atoms with Gasteiger partial charge in [-0.15, -0.1) is 0 Å². The molecule has 110 valence electrons. The average Bonchev–Trinajstić information content (AvgIpc) is 2.78. The Morgan fingerprint density at radius 2 is 1.90 bits per heavy atom. The van der Waals surface area contributed by atoms with Gasteiger partial charge >= 0.3 is 5.69 Å². The van der Waals surface area contributed by atoms with Crippen LogP contribution in [0.4, 0.5) is 0 Å². The van der Waals surface area contributed by atoms with E-state index in [1.807, 2.05) is 13.8 Å². The Kier molecular flexibility index (Phi) is 4.39. The van der Waals surface area contributed by atoms with Crippen molar-refractivity contribution in [2.75, 3.05) is 0 Å². The van der Waals surface area contributed by atoms with E-state index in [4.69, 9.17) is 0 Å². The van der Waals surface area contributed by atoms with Crippen LogP contribution in [0, 0.1) is 0 Å². The molecule has 2 N–H and O–H groups in total. The number of nitrogens with zero attached hydrogens (tertiary/aromatic N) is 3. The zero-order valence-corrected chi connectivity index (χ0v) is 11.8. The Labute approximate surface area is 115 Å². The highest BCUT2D eigenvalue weighted by Crippen LogP contribution is 2.12. The lowest BCUT2D eigenvalue weighted by atomic mass is 10.3. The lowest BCUT2D eigenvalue weighted by molar-refractivity contribution is 0.265. The molecule has 0 bridgehead atoms. The van der Waals surface area contributed by atoms with Crippen LogP contribution in [0.3, 0.4) is 0 Å². The normalized spacial score (nSPS) is 11.3. The van der Waals surface area contributed by atoms with Crippen LogP contribution in [0.2, 0.25) is 0 Å². The lowest BCUT2D eigenvalue weighted by Gasteiger charge is -2.06. The molecule has 0 amide bonds. The van der Waals surface area contributed by atoms with Gasteiger partial charge in [-0.05, 0) is 12.8 Å². The molecular formula is C13H20N4O3. The Hall–Kier alpha value is -1.89. The summed E-state index contributed by atoms with van der Waals surface area (Å²) >= 11 is 0. The SMILES string of the molecule is CCCCn1c(=O)[nH]c(=O)c2c1nc(CO)n2CCC. The number of H-pyrrole nitrogens is 1. The summed E-state index contributed by atoms with van der Waals surface area (Å²) in [7, 11) is 0. The molecule has 2 rings (SSSR count). The maximum atomic E-state index is 12.0. The largest absolute Gasteiger partial charge is 0.388 e. The summed E-state index contributed by atoms with van der Waals surface area (Å²) in [5, 5.41) is 9.39. The van der Waals surface area contributed by atoms with Crippen LogP contribution in [0.15, 0.2) is 9.59 Å². The Bertz CT molecular complexity index is 711. The highest BCUT2D eigenvalue weighted by molar-refractivity contribution is 5.70. The van der Waals surface area contributed by atoms with Crippen molar-refractivity contribution in [2.45, 2.75) is 52.8 Å². The number of aromatic nitrogens is 4. The van der Waals surface area contributed by atoms with Crippen molar-refractivity contribution in [3.63, 3.8) is 0 Å². The number of imidazole rings is 1. The van der Waals surface area contributed by atoms with E-state index in [0.717, 1.165) is 19.3 Å². The molecular weight excluding hydrogens is 260 g/mol. The van der Waals surface area contributed by atoms with Gasteiger partial charge in [0.15, 0.2) is 11.2 Å². The van der Waals surface area contributed by atoms with Crippen LogP contribution in [-0.2, 0) is 19.7 Å².